The molecule has 0 aliphatic rings. The van der Waals surface area contributed by atoms with Crippen molar-refractivity contribution < 1.29 is 4.74 Å². The van der Waals surface area contributed by atoms with E-state index in [-0.39, 0.29) is 6.04 Å². The highest BCUT2D eigenvalue weighted by molar-refractivity contribution is 5.96. The summed E-state index contributed by atoms with van der Waals surface area (Å²) in [5, 5.41) is 17.0. The van der Waals surface area contributed by atoms with Gasteiger partial charge in [0.1, 0.15) is 29.7 Å². The maximum atomic E-state index is 5.55. The van der Waals surface area contributed by atoms with Crippen molar-refractivity contribution in [3.63, 3.8) is 0 Å². The minimum atomic E-state index is -0.0890. The Balaban J connectivity index is 1.78. The summed E-state index contributed by atoms with van der Waals surface area (Å²) in [6.07, 6.45) is 3.17. The van der Waals surface area contributed by atoms with Gasteiger partial charge in [-0.05, 0) is 38.1 Å². The van der Waals surface area contributed by atoms with Crippen LogP contribution in [0, 0.1) is 6.92 Å². The molecule has 4 rings (SSSR count). The molecule has 1 unspecified atom stereocenters. The third kappa shape index (κ3) is 3.34. The van der Waals surface area contributed by atoms with Crippen LogP contribution in [0.15, 0.2) is 36.9 Å². The van der Waals surface area contributed by atoms with E-state index >= 15 is 0 Å². The zero-order valence-corrected chi connectivity index (χ0v) is 16.1. The average Bonchev–Trinajstić information content (AvgIpc) is 3.14. The first-order valence-electron chi connectivity index (χ1n) is 8.80. The Bertz CT molecular complexity index is 1120. The van der Waals surface area contributed by atoms with Gasteiger partial charge in [0.15, 0.2) is 5.82 Å². The molecule has 0 saturated carbocycles. The lowest BCUT2D eigenvalue weighted by atomic mass is 10.1. The van der Waals surface area contributed by atoms with Gasteiger partial charge in [0.25, 0.3) is 0 Å². The lowest BCUT2D eigenvalue weighted by molar-refractivity contribution is 0.419. The topological polar surface area (TPSA) is 104 Å². The minimum Gasteiger partial charge on any atom is -0.494 e. The fraction of sp³-hybridized carbons (Fsp3) is 0.263. The predicted molar refractivity (Wildman–Crippen MR) is 105 cm³/mol. The Morgan fingerprint density at radius 1 is 1.11 bits per heavy atom. The summed E-state index contributed by atoms with van der Waals surface area (Å²) in [6.45, 7) is 3.92. The van der Waals surface area contributed by atoms with Crippen LogP contribution in [0.3, 0.4) is 0 Å². The van der Waals surface area contributed by atoms with Crippen LogP contribution >= 0.6 is 0 Å². The Hall–Kier alpha value is -3.62. The Morgan fingerprint density at radius 3 is 2.64 bits per heavy atom. The van der Waals surface area contributed by atoms with Crippen LogP contribution in [0.25, 0.3) is 22.3 Å². The normalized spacial score (nSPS) is 12.1. The van der Waals surface area contributed by atoms with Crippen LogP contribution < -0.4 is 10.1 Å². The molecule has 0 spiro atoms. The second-order valence-corrected chi connectivity index (χ2v) is 6.50. The van der Waals surface area contributed by atoms with E-state index in [1.165, 1.54) is 6.33 Å². The van der Waals surface area contributed by atoms with E-state index < -0.39 is 0 Å². The highest BCUT2D eigenvalue weighted by atomic mass is 16.5. The van der Waals surface area contributed by atoms with E-state index in [0.29, 0.717) is 22.9 Å². The molecule has 3 heterocycles. The molecule has 9 nitrogen and oxygen atoms in total. The summed E-state index contributed by atoms with van der Waals surface area (Å²) >= 11 is 0. The van der Waals surface area contributed by atoms with Gasteiger partial charge < -0.3 is 10.1 Å². The Morgan fingerprint density at radius 2 is 1.96 bits per heavy atom. The molecule has 0 bridgehead atoms. The molecule has 0 radical (unpaired) electrons. The van der Waals surface area contributed by atoms with Crippen molar-refractivity contribution in [3.05, 3.63) is 48.3 Å². The van der Waals surface area contributed by atoms with Crippen molar-refractivity contribution in [2.24, 2.45) is 7.05 Å². The number of nitrogens with one attached hydrogen (secondary N) is 1. The van der Waals surface area contributed by atoms with Gasteiger partial charge in [-0.2, -0.15) is 15.3 Å². The summed E-state index contributed by atoms with van der Waals surface area (Å²) in [7, 11) is 3.44. The number of hydrogen-bond acceptors (Lipinski definition) is 8. The zero-order chi connectivity index (χ0) is 19.7. The Labute approximate surface area is 161 Å². The molecular weight excluding hydrogens is 356 g/mol. The van der Waals surface area contributed by atoms with Crippen LogP contribution in [0.2, 0.25) is 0 Å². The van der Waals surface area contributed by atoms with Crippen molar-refractivity contribution in [1.29, 1.82) is 0 Å². The molecule has 1 aromatic carbocycles. The SMILES string of the molecule is COc1cc(-c2ncn(C)n2)cc2c(NC(C)c3ccc(C)nn3)ncnc12. The summed E-state index contributed by atoms with van der Waals surface area (Å²) < 4.78 is 7.21. The first-order valence-corrected chi connectivity index (χ1v) is 8.80. The van der Waals surface area contributed by atoms with E-state index in [1.807, 2.05) is 45.2 Å². The number of aryl methyl sites for hydroxylation is 2. The first kappa shape index (κ1) is 17.8. The largest absolute Gasteiger partial charge is 0.494 e. The number of benzene rings is 1. The maximum absolute atomic E-state index is 5.55. The van der Waals surface area contributed by atoms with E-state index in [0.717, 1.165) is 22.3 Å². The molecule has 28 heavy (non-hydrogen) atoms. The van der Waals surface area contributed by atoms with Crippen LogP contribution in [-0.2, 0) is 7.05 Å². The maximum Gasteiger partial charge on any atom is 0.181 e. The molecular formula is C19H20N8O. The van der Waals surface area contributed by atoms with Gasteiger partial charge in [-0.3, -0.25) is 4.68 Å². The van der Waals surface area contributed by atoms with Gasteiger partial charge in [0, 0.05) is 18.0 Å². The van der Waals surface area contributed by atoms with Gasteiger partial charge >= 0.3 is 0 Å². The van der Waals surface area contributed by atoms with Gasteiger partial charge in [0.2, 0.25) is 0 Å². The highest BCUT2D eigenvalue weighted by Gasteiger charge is 2.16. The van der Waals surface area contributed by atoms with Crippen LogP contribution in [0.4, 0.5) is 5.82 Å². The van der Waals surface area contributed by atoms with Crippen LogP contribution in [0.5, 0.6) is 5.75 Å². The van der Waals surface area contributed by atoms with Crippen molar-refractivity contribution in [2.45, 2.75) is 19.9 Å². The molecule has 0 fully saturated rings. The number of fused-ring (bicyclic) bond motifs is 1. The average molecular weight is 376 g/mol. The Kier molecular flexibility index (Phi) is 4.56. The molecule has 0 aliphatic heterocycles. The molecule has 142 valence electrons. The summed E-state index contributed by atoms with van der Waals surface area (Å²) in [5.74, 6) is 1.92. The molecule has 1 N–H and O–H groups in total. The molecule has 0 amide bonds. The number of methoxy groups -OCH3 is 1. The predicted octanol–water partition coefficient (Wildman–Crippen LogP) is 2.71. The molecule has 4 aromatic rings. The molecule has 0 saturated heterocycles. The third-order valence-electron chi connectivity index (χ3n) is 4.40. The molecule has 0 aliphatic carbocycles. The number of ether oxygens (including phenoxy) is 1. The lowest BCUT2D eigenvalue weighted by Crippen LogP contribution is -2.11. The fourth-order valence-corrected chi connectivity index (χ4v) is 2.93. The number of anilines is 1. The molecule has 3 aromatic heterocycles. The minimum absolute atomic E-state index is 0.0890. The van der Waals surface area contributed by atoms with Crippen LogP contribution in [-0.4, -0.2) is 42.0 Å². The standard InChI is InChI=1S/C19H20N8O/c1-11-5-6-15(25-24-11)12(2)23-19-14-7-13(18-22-10-27(3)26-18)8-16(28-4)17(14)20-9-21-19/h5-10,12H,1-4H3,(H,20,21,23). The number of rotatable bonds is 5. The van der Waals surface area contributed by atoms with E-state index in [2.05, 4.69) is 35.6 Å². The zero-order valence-electron chi connectivity index (χ0n) is 16.1. The second-order valence-electron chi connectivity index (χ2n) is 6.50. The highest BCUT2D eigenvalue weighted by Crippen LogP contribution is 2.33. The fourth-order valence-electron chi connectivity index (χ4n) is 2.93. The van der Waals surface area contributed by atoms with Crippen molar-refractivity contribution in [1.82, 2.24) is 34.9 Å². The quantitative estimate of drug-likeness (QED) is 0.567. The van der Waals surface area contributed by atoms with Gasteiger partial charge in [-0.15, -0.1) is 0 Å². The monoisotopic (exact) mass is 376 g/mol. The number of hydrogen-bond donors (Lipinski definition) is 1. The number of nitrogens with zero attached hydrogens (tertiary/aromatic N) is 7. The van der Waals surface area contributed by atoms with E-state index in [9.17, 15) is 0 Å². The smallest absolute Gasteiger partial charge is 0.181 e. The molecule has 9 heteroatoms. The lowest BCUT2D eigenvalue weighted by Gasteiger charge is -2.16. The van der Waals surface area contributed by atoms with Crippen molar-refractivity contribution in [3.8, 4) is 17.1 Å². The first-order chi connectivity index (χ1) is 13.5. The van der Waals surface area contributed by atoms with Gasteiger partial charge in [-0.1, -0.05) is 0 Å². The second kappa shape index (κ2) is 7.18. The van der Waals surface area contributed by atoms with Crippen molar-refractivity contribution in [2.75, 3.05) is 12.4 Å². The summed E-state index contributed by atoms with van der Waals surface area (Å²) in [4.78, 5) is 13.2. The third-order valence-corrected chi connectivity index (χ3v) is 4.40. The van der Waals surface area contributed by atoms with Gasteiger partial charge in [-0.25, -0.2) is 15.0 Å². The van der Waals surface area contributed by atoms with E-state index in [4.69, 9.17) is 4.74 Å². The van der Waals surface area contributed by atoms with Crippen molar-refractivity contribution >= 4 is 16.7 Å². The van der Waals surface area contributed by atoms with Gasteiger partial charge in [0.05, 0.1) is 24.5 Å². The summed E-state index contributed by atoms with van der Waals surface area (Å²) in [5.41, 5.74) is 3.24. The molecule has 1 atom stereocenters. The number of aromatic nitrogens is 7. The van der Waals surface area contributed by atoms with E-state index in [1.54, 1.807) is 18.1 Å². The summed E-state index contributed by atoms with van der Waals surface area (Å²) in [6, 6.07) is 7.64. The van der Waals surface area contributed by atoms with Crippen LogP contribution in [0.1, 0.15) is 24.4 Å².